The van der Waals surface area contributed by atoms with Crippen LogP contribution in [0.15, 0.2) is 30.3 Å². The fraction of sp³-hybridized carbons (Fsp3) is 0.500. The molecule has 0 saturated heterocycles. The minimum absolute atomic E-state index is 0.474. The Labute approximate surface area is 149 Å². The summed E-state index contributed by atoms with van der Waals surface area (Å²) in [5.41, 5.74) is 8.40. The lowest BCUT2D eigenvalue weighted by Crippen LogP contribution is -2.04. The number of rotatable bonds is 5. The SMILES string of the molecule is CC(C)c1[c]c(C(C)C)c(-c2cccc(C(C)C)c2C(C)C)cc1. The van der Waals surface area contributed by atoms with Gasteiger partial charge in [-0.1, -0.05) is 85.7 Å². The van der Waals surface area contributed by atoms with E-state index in [2.05, 4.69) is 91.8 Å². The molecule has 0 spiro atoms. The van der Waals surface area contributed by atoms with Crippen molar-refractivity contribution in [1.29, 1.82) is 0 Å². The number of hydrogen-bond acceptors (Lipinski definition) is 0. The first-order chi connectivity index (χ1) is 11.2. The predicted molar refractivity (Wildman–Crippen MR) is 107 cm³/mol. The molecule has 0 unspecified atom stereocenters. The van der Waals surface area contributed by atoms with E-state index < -0.39 is 0 Å². The Morgan fingerprint density at radius 3 is 1.79 bits per heavy atom. The Morgan fingerprint density at radius 1 is 0.625 bits per heavy atom. The first-order valence-electron chi connectivity index (χ1n) is 9.43. The van der Waals surface area contributed by atoms with E-state index in [9.17, 15) is 0 Å². The van der Waals surface area contributed by atoms with Crippen molar-refractivity contribution in [2.45, 2.75) is 79.1 Å². The zero-order valence-corrected chi connectivity index (χ0v) is 16.7. The van der Waals surface area contributed by atoms with Crippen LogP contribution in [0.5, 0.6) is 0 Å². The molecule has 0 heteroatoms. The fourth-order valence-electron chi connectivity index (χ4n) is 3.52. The summed E-state index contributed by atoms with van der Waals surface area (Å²) in [7, 11) is 0. The summed E-state index contributed by atoms with van der Waals surface area (Å²) < 4.78 is 0. The van der Waals surface area contributed by atoms with E-state index in [-0.39, 0.29) is 0 Å². The molecule has 0 aromatic heterocycles. The molecule has 0 nitrogen and oxygen atoms in total. The van der Waals surface area contributed by atoms with Gasteiger partial charge in [-0.2, -0.15) is 0 Å². The highest BCUT2D eigenvalue weighted by Crippen LogP contribution is 2.39. The van der Waals surface area contributed by atoms with Gasteiger partial charge >= 0.3 is 0 Å². The van der Waals surface area contributed by atoms with E-state index in [4.69, 9.17) is 0 Å². The lowest BCUT2D eigenvalue weighted by atomic mass is 9.81. The van der Waals surface area contributed by atoms with Crippen molar-refractivity contribution in [3.63, 3.8) is 0 Å². The first-order valence-corrected chi connectivity index (χ1v) is 9.43. The predicted octanol–water partition coefficient (Wildman–Crippen LogP) is 7.65. The van der Waals surface area contributed by atoms with Gasteiger partial charge in [0.05, 0.1) is 0 Å². The summed E-state index contributed by atoms with van der Waals surface area (Å²) in [5.74, 6) is 2.05. The van der Waals surface area contributed by atoms with E-state index in [1.54, 1.807) is 0 Å². The molecular formula is C24H33. The summed E-state index contributed by atoms with van der Waals surface area (Å²) >= 11 is 0. The van der Waals surface area contributed by atoms with Gasteiger partial charge in [-0.05, 0) is 63.1 Å². The summed E-state index contributed by atoms with van der Waals surface area (Å²) in [6.07, 6.45) is 0. The molecule has 2 rings (SSSR count). The van der Waals surface area contributed by atoms with Gasteiger partial charge < -0.3 is 0 Å². The zero-order valence-electron chi connectivity index (χ0n) is 16.7. The minimum Gasteiger partial charge on any atom is -0.0613 e. The second-order valence-corrected chi connectivity index (χ2v) is 8.17. The van der Waals surface area contributed by atoms with Gasteiger partial charge in [0.2, 0.25) is 0 Å². The molecule has 2 aromatic carbocycles. The molecule has 0 fully saturated rings. The van der Waals surface area contributed by atoms with Gasteiger partial charge in [0, 0.05) is 0 Å². The minimum atomic E-state index is 0.474. The normalized spacial score (nSPS) is 12.0. The van der Waals surface area contributed by atoms with Gasteiger partial charge in [0.25, 0.3) is 0 Å². The molecule has 0 heterocycles. The Bertz CT molecular complexity index is 687. The summed E-state index contributed by atoms with van der Waals surface area (Å²) in [4.78, 5) is 0. The van der Waals surface area contributed by atoms with Crippen LogP contribution in [0.4, 0.5) is 0 Å². The van der Waals surface area contributed by atoms with Crippen LogP contribution in [0.3, 0.4) is 0 Å². The van der Waals surface area contributed by atoms with Gasteiger partial charge in [-0.15, -0.1) is 0 Å². The Balaban J connectivity index is 2.74. The lowest BCUT2D eigenvalue weighted by Gasteiger charge is -2.23. The van der Waals surface area contributed by atoms with Crippen molar-refractivity contribution in [3.05, 3.63) is 58.7 Å². The topological polar surface area (TPSA) is 0 Å². The molecule has 0 aliphatic carbocycles. The second kappa shape index (κ2) is 7.55. The summed E-state index contributed by atoms with van der Waals surface area (Å²) in [5, 5.41) is 0. The van der Waals surface area contributed by atoms with Crippen LogP contribution in [0.25, 0.3) is 11.1 Å². The van der Waals surface area contributed by atoms with Crippen LogP contribution in [-0.2, 0) is 0 Å². The number of benzene rings is 2. The maximum Gasteiger partial charge on any atom is -0.0102 e. The van der Waals surface area contributed by atoms with Crippen LogP contribution in [-0.4, -0.2) is 0 Å². The van der Waals surface area contributed by atoms with Crippen LogP contribution in [0, 0.1) is 6.07 Å². The molecule has 0 saturated carbocycles. The summed E-state index contributed by atoms with van der Waals surface area (Å²) in [6.45, 7) is 18.3. The van der Waals surface area contributed by atoms with Crippen molar-refractivity contribution in [3.8, 4) is 11.1 Å². The second-order valence-electron chi connectivity index (χ2n) is 8.17. The third kappa shape index (κ3) is 3.74. The highest BCUT2D eigenvalue weighted by atomic mass is 14.2. The molecule has 24 heavy (non-hydrogen) atoms. The van der Waals surface area contributed by atoms with Gasteiger partial charge in [-0.25, -0.2) is 0 Å². The van der Waals surface area contributed by atoms with Crippen molar-refractivity contribution >= 4 is 0 Å². The van der Waals surface area contributed by atoms with Crippen LogP contribution in [0.2, 0.25) is 0 Å². The van der Waals surface area contributed by atoms with Gasteiger partial charge in [0.1, 0.15) is 0 Å². The number of hydrogen-bond donors (Lipinski definition) is 0. The molecular weight excluding hydrogens is 288 g/mol. The standard InChI is InChI=1S/C24H33/c1-15(2)19-12-13-21(23(14-19)17(5)6)22-11-9-10-20(16(3)4)24(22)18(7)8/h9-13,15-18H,1-8H3. The molecule has 0 bridgehead atoms. The third-order valence-corrected chi connectivity index (χ3v) is 4.83. The highest BCUT2D eigenvalue weighted by molar-refractivity contribution is 5.73. The van der Waals surface area contributed by atoms with Crippen LogP contribution < -0.4 is 0 Å². The Hall–Kier alpha value is -1.56. The molecule has 0 aliphatic heterocycles. The Morgan fingerprint density at radius 2 is 1.29 bits per heavy atom. The van der Waals surface area contributed by atoms with Crippen LogP contribution in [0.1, 0.15) is 101 Å². The third-order valence-electron chi connectivity index (χ3n) is 4.83. The van der Waals surface area contributed by atoms with Gasteiger partial charge in [0.15, 0.2) is 0 Å². The maximum atomic E-state index is 3.73. The Kier molecular flexibility index (Phi) is 5.91. The average molecular weight is 322 g/mol. The zero-order chi connectivity index (χ0) is 18.0. The largest absolute Gasteiger partial charge is 0.0613 e. The van der Waals surface area contributed by atoms with Gasteiger partial charge in [-0.3, -0.25) is 0 Å². The smallest absolute Gasteiger partial charge is 0.0102 e. The van der Waals surface area contributed by atoms with Crippen molar-refractivity contribution < 1.29 is 0 Å². The molecule has 2 aromatic rings. The van der Waals surface area contributed by atoms with E-state index in [1.165, 1.54) is 33.4 Å². The van der Waals surface area contributed by atoms with E-state index in [0.29, 0.717) is 23.7 Å². The van der Waals surface area contributed by atoms with Crippen molar-refractivity contribution in [2.24, 2.45) is 0 Å². The first kappa shape index (κ1) is 18.8. The van der Waals surface area contributed by atoms with Crippen molar-refractivity contribution in [1.82, 2.24) is 0 Å². The lowest BCUT2D eigenvalue weighted by molar-refractivity contribution is 0.790. The quantitative estimate of drug-likeness (QED) is 0.530. The monoisotopic (exact) mass is 321 g/mol. The molecule has 0 N–H and O–H groups in total. The van der Waals surface area contributed by atoms with Crippen LogP contribution >= 0.6 is 0 Å². The summed E-state index contributed by atoms with van der Waals surface area (Å²) in [6, 6.07) is 15.1. The van der Waals surface area contributed by atoms with E-state index >= 15 is 0 Å². The van der Waals surface area contributed by atoms with E-state index in [1.807, 2.05) is 0 Å². The van der Waals surface area contributed by atoms with E-state index in [0.717, 1.165) is 0 Å². The average Bonchev–Trinajstić information content (AvgIpc) is 2.53. The molecule has 0 atom stereocenters. The van der Waals surface area contributed by atoms with Crippen molar-refractivity contribution in [2.75, 3.05) is 0 Å². The fourth-order valence-corrected chi connectivity index (χ4v) is 3.52. The molecule has 0 aliphatic rings. The molecule has 129 valence electrons. The highest BCUT2D eigenvalue weighted by Gasteiger charge is 2.19. The maximum absolute atomic E-state index is 3.73. The molecule has 1 radical (unpaired) electrons. The molecule has 0 amide bonds.